The van der Waals surface area contributed by atoms with Crippen LogP contribution >= 0.6 is 15.9 Å². The first-order valence-corrected chi connectivity index (χ1v) is 30.2. The summed E-state index contributed by atoms with van der Waals surface area (Å²) in [4.78, 5) is 67.3. The summed E-state index contributed by atoms with van der Waals surface area (Å²) in [5.41, 5.74) is 8.92. The summed E-state index contributed by atoms with van der Waals surface area (Å²) >= 11 is 3.45. The number of aryl methyl sites for hydroxylation is 6. The minimum absolute atomic E-state index is 0.115. The molecule has 2 aliphatic carbocycles. The van der Waals surface area contributed by atoms with Gasteiger partial charge in [-0.2, -0.15) is 0 Å². The summed E-state index contributed by atoms with van der Waals surface area (Å²) in [6, 6.07) is 15.0. The van der Waals surface area contributed by atoms with Crippen molar-refractivity contribution in [2.75, 3.05) is 38.1 Å². The molecule has 6 heterocycles. The maximum atomic E-state index is 14.1. The molecule has 3 aliphatic rings. The second-order valence-corrected chi connectivity index (χ2v) is 27.1. The molecule has 0 spiro atoms. The number of hydrogen-bond acceptors (Lipinski definition) is 11. The van der Waals surface area contributed by atoms with E-state index in [-0.39, 0.29) is 41.9 Å². The number of pyridine rings is 3. The fourth-order valence-electron chi connectivity index (χ4n) is 11.3. The molecule has 10 rings (SSSR count). The van der Waals surface area contributed by atoms with Crippen molar-refractivity contribution in [3.8, 4) is 11.1 Å². The molecule has 0 atom stereocenters. The molecule has 2 aromatic carbocycles. The van der Waals surface area contributed by atoms with E-state index in [1.54, 1.807) is 42.9 Å². The third kappa shape index (κ3) is 10.6. The average Bonchev–Trinajstić information content (AvgIpc) is 4.47. The van der Waals surface area contributed by atoms with Crippen molar-refractivity contribution in [2.45, 2.75) is 115 Å². The lowest BCUT2D eigenvalue weighted by molar-refractivity contribution is 0.0976. The van der Waals surface area contributed by atoms with Crippen LogP contribution in [0.4, 0.5) is 5.82 Å². The van der Waals surface area contributed by atoms with Crippen molar-refractivity contribution in [2.24, 2.45) is 0 Å². The van der Waals surface area contributed by atoms with E-state index >= 15 is 0 Å². The third-order valence-corrected chi connectivity index (χ3v) is 21.5. The van der Waals surface area contributed by atoms with Gasteiger partial charge < -0.3 is 19.8 Å². The summed E-state index contributed by atoms with van der Waals surface area (Å²) in [7, 11) is -5.31. The van der Waals surface area contributed by atoms with Gasteiger partial charge in [0, 0.05) is 112 Å². The Morgan fingerprint density at radius 2 is 1.10 bits per heavy atom. The van der Waals surface area contributed by atoms with E-state index in [0.717, 1.165) is 71.2 Å². The predicted octanol–water partition coefficient (Wildman–Crippen LogP) is 10.3. The second-order valence-electron chi connectivity index (χ2n) is 21.8. The molecule has 3 fully saturated rings. The predicted molar refractivity (Wildman–Crippen MR) is 315 cm³/mol. The zero-order valence-corrected chi connectivity index (χ0v) is 48.7. The van der Waals surface area contributed by atoms with Crippen molar-refractivity contribution in [3.05, 3.63) is 174 Å². The Kier molecular flexibility index (Phi) is 15.6. The molecule has 2 saturated carbocycles. The lowest BCUT2D eigenvalue weighted by atomic mass is 9.94. The molecule has 2 N–H and O–H groups in total. The number of carbonyl (C=O) groups is 2. The minimum atomic E-state index is -3.77. The van der Waals surface area contributed by atoms with Crippen molar-refractivity contribution in [3.63, 3.8) is 0 Å². The van der Waals surface area contributed by atoms with Crippen LogP contribution in [0.3, 0.4) is 0 Å². The van der Waals surface area contributed by atoms with E-state index in [9.17, 15) is 36.0 Å². The summed E-state index contributed by atoms with van der Waals surface area (Å²) in [6.07, 6.45) is 12.4. The molecular formula is C60H68BrN7O8S2. The molecule has 1 saturated heterocycles. The molecule has 18 heteroatoms. The number of carbonyl (C=O) groups excluding carboxylic acids is 2. The van der Waals surface area contributed by atoms with Crippen LogP contribution in [0.2, 0.25) is 0 Å². The number of halogens is 1. The Balaban J connectivity index is 0.000000199. The fourth-order valence-corrected chi connectivity index (χ4v) is 15.9. The topological polar surface area (TPSA) is 197 Å². The van der Waals surface area contributed by atoms with E-state index in [1.165, 1.54) is 7.94 Å². The number of piperazine rings is 1. The number of anilines is 1. The van der Waals surface area contributed by atoms with Gasteiger partial charge in [0.15, 0.2) is 11.6 Å². The smallest absolute Gasteiger partial charge is 0.251 e. The van der Waals surface area contributed by atoms with Crippen molar-refractivity contribution < 1.29 is 26.4 Å². The maximum absolute atomic E-state index is 14.1. The van der Waals surface area contributed by atoms with Crippen molar-refractivity contribution >= 4 is 75.2 Å². The SMILES string of the molecule is C=CCC1(S(=O)(=O)n2cc(C)c3c(C(=O)CCc4c(C)cc(C)[nH]c4=O)cc(-c4ccc(N5CCN(C)CC5)nc4)cc32)CC1.C=CCC1(S(=O)(=O)n2cc(C)c3c(C(=O)CCc4c(C)cc(C)[nH]c4=O)cc(Br)cc32)CC1. The second kappa shape index (κ2) is 21.6. The molecule has 7 aromatic rings. The number of allylic oxidation sites excluding steroid dienone is 2. The molecule has 78 heavy (non-hydrogen) atoms. The molecule has 0 unspecified atom stereocenters. The Morgan fingerprint density at radius 3 is 1.53 bits per heavy atom. The first kappa shape index (κ1) is 56.3. The van der Waals surface area contributed by atoms with Crippen LogP contribution in [0.15, 0.2) is 106 Å². The number of aromatic amines is 2. The van der Waals surface area contributed by atoms with Gasteiger partial charge in [-0.1, -0.05) is 28.1 Å². The van der Waals surface area contributed by atoms with Gasteiger partial charge in [-0.15, -0.1) is 13.2 Å². The molecule has 0 amide bonds. The highest BCUT2D eigenvalue weighted by molar-refractivity contribution is 9.10. The first-order valence-electron chi connectivity index (χ1n) is 26.5. The number of fused-ring (bicyclic) bond motifs is 2. The quantitative estimate of drug-likeness (QED) is 0.0613. The largest absolute Gasteiger partial charge is 0.354 e. The number of ketones is 2. The van der Waals surface area contributed by atoms with Crippen LogP contribution in [-0.4, -0.2) is 98.9 Å². The normalized spacial score (nSPS) is 16.0. The number of nitrogens with zero attached hydrogens (tertiary/aromatic N) is 5. The zero-order chi connectivity index (χ0) is 56.2. The molecular weight excluding hydrogens is 1090 g/mol. The van der Waals surface area contributed by atoms with Gasteiger partial charge in [-0.3, -0.25) is 19.2 Å². The Labute approximate surface area is 464 Å². The number of likely N-dealkylation sites (N-methyl/N-ethyl adjacent to an activating group) is 1. The van der Waals surface area contributed by atoms with E-state index in [1.807, 2.05) is 77.9 Å². The van der Waals surface area contributed by atoms with Gasteiger partial charge in [0.25, 0.3) is 11.1 Å². The van der Waals surface area contributed by atoms with Crippen LogP contribution in [0.25, 0.3) is 32.9 Å². The monoisotopic (exact) mass is 1160 g/mol. The average molecular weight is 1160 g/mol. The van der Waals surface area contributed by atoms with Crippen LogP contribution in [-0.2, 0) is 32.9 Å². The highest BCUT2D eigenvalue weighted by Crippen LogP contribution is 2.50. The van der Waals surface area contributed by atoms with Gasteiger partial charge in [0.2, 0.25) is 20.0 Å². The fraction of sp³-hybridized carbons (Fsp3) is 0.383. The maximum Gasteiger partial charge on any atom is 0.251 e. The van der Waals surface area contributed by atoms with Gasteiger partial charge in [0.1, 0.15) is 5.82 Å². The number of benzene rings is 2. The van der Waals surface area contributed by atoms with Crippen LogP contribution < -0.4 is 16.0 Å². The summed E-state index contributed by atoms with van der Waals surface area (Å²) in [6.45, 7) is 22.3. The van der Waals surface area contributed by atoms with Crippen molar-refractivity contribution in [1.29, 1.82) is 0 Å². The highest BCUT2D eigenvalue weighted by atomic mass is 79.9. The first-order chi connectivity index (χ1) is 36.9. The Morgan fingerprint density at radius 1 is 0.641 bits per heavy atom. The van der Waals surface area contributed by atoms with E-state index in [2.05, 4.69) is 55.9 Å². The molecule has 410 valence electrons. The standard InChI is InChI=1S/C35H41N5O4S.C25H27BrN2O4S/c1-6-11-35(12-13-35)45(43,44)40-22-24(3)33-29(31(41)9-8-28-23(2)18-25(4)37-34(28)42)19-27(20-30(33)40)26-7-10-32(36-21-26)39-16-14-38(5)15-17-39;1-5-8-25(9-10-25)33(31,32)28-14-16(3)23-20(12-18(26)13-21(23)28)22(29)7-6-19-15(2)11-17(4)27-24(19)30/h6-7,10,18-22H,1,8-9,11-17H2,2-5H3,(H,37,42);5,11-14H,1,6-10H2,2-4H3,(H,27,30). The lowest BCUT2D eigenvalue weighted by Gasteiger charge is -2.33. The molecule has 0 radical (unpaired) electrons. The lowest BCUT2D eigenvalue weighted by Crippen LogP contribution is -2.44. The summed E-state index contributed by atoms with van der Waals surface area (Å²) in [5.74, 6) is 0.615. The Bertz CT molecular complexity index is 3930. The third-order valence-electron chi connectivity index (χ3n) is 16.0. The number of hydrogen-bond donors (Lipinski definition) is 2. The Hall–Kier alpha value is -6.47. The number of nitrogens with one attached hydrogen (secondary N) is 2. The van der Waals surface area contributed by atoms with Gasteiger partial charge >= 0.3 is 0 Å². The van der Waals surface area contributed by atoms with Crippen LogP contribution in [0, 0.1) is 41.5 Å². The van der Waals surface area contributed by atoms with Gasteiger partial charge in [0.05, 0.1) is 20.5 Å². The number of rotatable bonds is 18. The van der Waals surface area contributed by atoms with E-state index in [0.29, 0.717) is 99.0 Å². The van der Waals surface area contributed by atoms with Gasteiger partial charge in [-0.05, 0) is 176 Å². The van der Waals surface area contributed by atoms with E-state index < -0.39 is 29.5 Å². The van der Waals surface area contributed by atoms with E-state index in [4.69, 9.17) is 4.98 Å². The summed E-state index contributed by atoms with van der Waals surface area (Å²) < 4.78 is 56.9. The van der Waals surface area contributed by atoms with Crippen molar-refractivity contribution in [1.82, 2.24) is 27.8 Å². The number of Topliss-reactive ketones (excluding diaryl/α,β-unsaturated/α-hetero) is 2. The zero-order valence-electron chi connectivity index (χ0n) is 45.5. The number of H-pyrrole nitrogens is 2. The van der Waals surface area contributed by atoms with Gasteiger partial charge in [-0.25, -0.2) is 29.8 Å². The molecule has 1 aliphatic heterocycles. The molecule has 5 aromatic heterocycles. The minimum Gasteiger partial charge on any atom is -0.354 e. The number of aromatic nitrogens is 5. The highest BCUT2D eigenvalue weighted by Gasteiger charge is 2.55. The van der Waals surface area contributed by atoms with Crippen LogP contribution in [0.1, 0.15) is 117 Å². The summed E-state index contributed by atoms with van der Waals surface area (Å²) in [5, 5.41) is 1.26. The van der Waals surface area contributed by atoms with Crippen LogP contribution in [0.5, 0.6) is 0 Å². The molecule has 15 nitrogen and oxygen atoms in total. The molecule has 0 bridgehead atoms.